The summed E-state index contributed by atoms with van der Waals surface area (Å²) < 4.78 is 0. The van der Waals surface area contributed by atoms with Crippen LogP contribution in [-0.4, -0.2) is 11.8 Å². The van der Waals surface area contributed by atoms with Crippen LogP contribution in [-0.2, 0) is 4.79 Å². The van der Waals surface area contributed by atoms with Crippen LogP contribution in [0.15, 0.2) is 12.2 Å². The van der Waals surface area contributed by atoms with Gasteiger partial charge in [-0.1, -0.05) is 6.58 Å². The second-order valence-corrected chi connectivity index (χ2v) is 1.95. The summed E-state index contributed by atoms with van der Waals surface area (Å²) in [7, 11) is 0. The maximum absolute atomic E-state index is 10.8. The van der Waals surface area contributed by atoms with Crippen molar-refractivity contribution in [2.75, 3.05) is 0 Å². The maximum atomic E-state index is 10.8. The minimum atomic E-state index is -0.553. The Morgan fingerprint density at radius 2 is 2.22 bits per heavy atom. The van der Waals surface area contributed by atoms with Gasteiger partial charge in [0.1, 0.15) is 0 Å². The second-order valence-electron chi connectivity index (χ2n) is 1.95. The molecule has 9 heavy (non-hydrogen) atoms. The maximum Gasteiger partial charge on any atom is 0.282 e. The molecule has 0 amide bonds. The van der Waals surface area contributed by atoms with Crippen molar-refractivity contribution in [3.05, 3.63) is 23.6 Å². The molecule has 1 atom stereocenters. The number of nitrogens with zero attached hydrogens (tertiary/aromatic N) is 1. The molecule has 0 N–H and O–H groups in total. The highest BCUT2D eigenvalue weighted by Crippen LogP contribution is 1.98. The highest BCUT2D eigenvalue weighted by atomic mass is 16.1. The van der Waals surface area contributed by atoms with Gasteiger partial charge in [-0.05, 0) is 12.5 Å². The summed E-state index contributed by atoms with van der Waals surface area (Å²) in [5.41, 5.74) is 0.457. The van der Waals surface area contributed by atoms with Gasteiger partial charge in [0.05, 0.1) is 0 Å². The first-order valence-corrected chi connectivity index (χ1v) is 2.66. The summed E-state index contributed by atoms with van der Waals surface area (Å²) in [6.45, 7) is 13.1. The Bertz CT molecular complexity index is 176. The molecule has 0 fully saturated rings. The van der Waals surface area contributed by atoms with Crippen LogP contribution in [0, 0.1) is 6.57 Å². The average Bonchev–Trinajstić information content (AvgIpc) is 1.84. The largest absolute Gasteiger partial charge is 0.305 e. The number of Topliss-reactive ketones (excluding diaryl/α,β-unsaturated/α-hetero) is 1. The molecule has 0 heterocycles. The van der Waals surface area contributed by atoms with Crippen LogP contribution in [0.1, 0.15) is 13.8 Å². The van der Waals surface area contributed by atoms with Gasteiger partial charge in [0.25, 0.3) is 6.04 Å². The van der Waals surface area contributed by atoms with Crippen molar-refractivity contribution in [2.24, 2.45) is 0 Å². The number of ketones is 1. The van der Waals surface area contributed by atoms with Gasteiger partial charge in [-0.25, -0.2) is 6.57 Å². The van der Waals surface area contributed by atoms with Crippen molar-refractivity contribution in [2.45, 2.75) is 19.9 Å². The van der Waals surface area contributed by atoms with Gasteiger partial charge >= 0.3 is 0 Å². The van der Waals surface area contributed by atoms with Gasteiger partial charge < -0.3 is 4.85 Å². The van der Waals surface area contributed by atoms with E-state index in [1.807, 2.05) is 0 Å². The van der Waals surface area contributed by atoms with E-state index in [4.69, 9.17) is 6.57 Å². The van der Waals surface area contributed by atoms with E-state index in [2.05, 4.69) is 11.4 Å². The number of rotatable bonds is 2. The normalized spacial score (nSPS) is 11.7. The fourth-order valence-corrected chi connectivity index (χ4v) is 0.415. The average molecular weight is 123 g/mol. The van der Waals surface area contributed by atoms with Gasteiger partial charge in [-0.15, -0.1) is 0 Å². The van der Waals surface area contributed by atoms with Crippen LogP contribution < -0.4 is 0 Å². The van der Waals surface area contributed by atoms with E-state index >= 15 is 0 Å². The van der Waals surface area contributed by atoms with Crippen molar-refractivity contribution in [1.82, 2.24) is 0 Å². The molecule has 0 aliphatic carbocycles. The Morgan fingerprint density at radius 1 is 1.78 bits per heavy atom. The molecule has 2 heteroatoms. The molecule has 0 rings (SSSR count). The molecule has 48 valence electrons. The summed E-state index contributed by atoms with van der Waals surface area (Å²) in [6.07, 6.45) is 0. The second kappa shape index (κ2) is 3.03. The Hall–Kier alpha value is -1.10. The van der Waals surface area contributed by atoms with Crippen molar-refractivity contribution in [3.8, 4) is 0 Å². The van der Waals surface area contributed by atoms with Gasteiger partial charge in [0.2, 0.25) is 5.78 Å². The molecule has 0 aliphatic rings. The molecular weight excluding hydrogens is 114 g/mol. The predicted molar refractivity (Wildman–Crippen MR) is 35.9 cm³/mol. The zero-order chi connectivity index (χ0) is 7.44. The van der Waals surface area contributed by atoms with E-state index in [-0.39, 0.29) is 5.78 Å². The lowest BCUT2D eigenvalue weighted by molar-refractivity contribution is -0.115. The lowest BCUT2D eigenvalue weighted by Crippen LogP contribution is -2.12. The van der Waals surface area contributed by atoms with Crippen LogP contribution in [0.4, 0.5) is 0 Å². The summed E-state index contributed by atoms with van der Waals surface area (Å²) in [5.74, 6) is -0.162. The third-order valence-electron chi connectivity index (χ3n) is 0.994. The molecule has 0 aromatic heterocycles. The van der Waals surface area contributed by atoms with Crippen LogP contribution in [0.25, 0.3) is 4.85 Å². The number of carbonyl (C=O) groups excluding carboxylic acids is 1. The molecule has 0 saturated heterocycles. The van der Waals surface area contributed by atoms with Gasteiger partial charge in [-0.2, -0.15) is 0 Å². The molecule has 0 saturated carbocycles. The minimum absolute atomic E-state index is 0.162. The van der Waals surface area contributed by atoms with E-state index in [1.165, 1.54) is 0 Å². The molecule has 0 aliphatic heterocycles. The topological polar surface area (TPSA) is 21.4 Å². The fourth-order valence-electron chi connectivity index (χ4n) is 0.415. The molecule has 0 radical (unpaired) electrons. The number of carbonyl (C=O) groups is 1. The van der Waals surface area contributed by atoms with Crippen molar-refractivity contribution in [1.29, 1.82) is 0 Å². The summed E-state index contributed by atoms with van der Waals surface area (Å²) in [6, 6.07) is -0.553. The van der Waals surface area contributed by atoms with E-state index in [0.717, 1.165) is 0 Å². The SMILES string of the molecule is [C-]#[N+]C(C)C(=O)C(=C)C. The van der Waals surface area contributed by atoms with Crippen LogP contribution in [0.3, 0.4) is 0 Å². The molecule has 0 spiro atoms. The van der Waals surface area contributed by atoms with Crippen LogP contribution >= 0.6 is 0 Å². The molecule has 2 nitrogen and oxygen atoms in total. The molecular formula is C7H9NO. The number of hydrogen-bond acceptors (Lipinski definition) is 1. The quantitative estimate of drug-likeness (QED) is 0.402. The Labute approximate surface area is 55.0 Å². The van der Waals surface area contributed by atoms with Gasteiger partial charge in [0, 0.05) is 6.92 Å². The summed E-state index contributed by atoms with van der Waals surface area (Å²) in [5, 5.41) is 0. The first-order chi connectivity index (χ1) is 4.09. The Kier molecular flexibility index (Phi) is 2.66. The summed E-state index contributed by atoms with van der Waals surface area (Å²) >= 11 is 0. The third kappa shape index (κ3) is 2.09. The highest BCUT2D eigenvalue weighted by Gasteiger charge is 2.16. The zero-order valence-corrected chi connectivity index (χ0v) is 5.64. The first-order valence-electron chi connectivity index (χ1n) is 2.66. The lowest BCUT2D eigenvalue weighted by atomic mass is 10.1. The number of hydrogen-bond donors (Lipinski definition) is 0. The Balaban J connectivity index is 4.09. The van der Waals surface area contributed by atoms with E-state index in [9.17, 15) is 4.79 Å². The van der Waals surface area contributed by atoms with E-state index in [1.54, 1.807) is 13.8 Å². The van der Waals surface area contributed by atoms with Gasteiger partial charge in [0.15, 0.2) is 0 Å². The molecule has 0 aromatic carbocycles. The molecule has 1 unspecified atom stereocenters. The predicted octanol–water partition coefficient (Wildman–Crippen LogP) is 1.44. The van der Waals surface area contributed by atoms with Crippen LogP contribution in [0.2, 0.25) is 0 Å². The fraction of sp³-hybridized carbons (Fsp3) is 0.429. The zero-order valence-electron chi connectivity index (χ0n) is 5.64. The minimum Gasteiger partial charge on any atom is -0.305 e. The highest BCUT2D eigenvalue weighted by molar-refractivity contribution is 5.99. The van der Waals surface area contributed by atoms with Crippen LogP contribution in [0.5, 0.6) is 0 Å². The monoisotopic (exact) mass is 123 g/mol. The van der Waals surface area contributed by atoms with E-state index in [0.29, 0.717) is 5.57 Å². The standard InChI is InChI=1S/C7H9NO/c1-5(2)7(9)6(3)8-4/h6H,1H2,2-3H3. The summed E-state index contributed by atoms with van der Waals surface area (Å²) in [4.78, 5) is 13.8. The van der Waals surface area contributed by atoms with E-state index < -0.39 is 6.04 Å². The first kappa shape index (κ1) is 7.90. The lowest BCUT2D eigenvalue weighted by Gasteiger charge is -1.94. The smallest absolute Gasteiger partial charge is 0.282 e. The van der Waals surface area contributed by atoms with Crippen molar-refractivity contribution in [3.63, 3.8) is 0 Å². The third-order valence-corrected chi connectivity index (χ3v) is 0.994. The Morgan fingerprint density at radius 3 is 2.33 bits per heavy atom. The molecule has 0 aromatic rings. The van der Waals surface area contributed by atoms with Crippen molar-refractivity contribution < 1.29 is 4.79 Å². The molecule has 0 bridgehead atoms. The van der Waals surface area contributed by atoms with Gasteiger partial charge in [-0.3, -0.25) is 4.79 Å². The van der Waals surface area contributed by atoms with Crippen molar-refractivity contribution >= 4 is 5.78 Å².